The Morgan fingerprint density at radius 1 is 0.974 bits per heavy atom. The minimum absolute atomic E-state index is 0.0320. The van der Waals surface area contributed by atoms with Crippen LogP contribution >= 0.6 is 0 Å². The van der Waals surface area contributed by atoms with Crippen molar-refractivity contribution in [3.05, 3.63) is 89.0 Å². The van der Waals surface area contributed by atoms with Gasteiger partial charge < -0.3 is 5.32 Å². The normalized spacial score (nSPS) is 12.8. The summed E-state index contributed by atoms with van der Waals surface area (Å²) in [5.74, 6) is 5.41. The van der Waals surface area contributed by atoms with E-state index in [1.54, 1.807) is 18.2 Å². The molecule has 39 heavy (non-hydrogen) atoms. The number of nitrogens with one attached hydrogen (secondary N) is 2. The lowest BCUT2D eigenvalue weighted by atomic mass is 10.0. The summed E-state index contributed by atoms with van der Waals surface area (Å²) in [6.07, 6.45) is 2.73. The molecular formula is C27H20F3N7O2. The Labute approximate surface area is 220 Å². The molecule has 1 fully saturated rings. The first kappa shape index (κ1) is 25.6. The fourth-order valence-corrected chi connectivity index (χ4v) is 3.57. The molecule has 1 aliphatic carbocycles. The van der Waals surface area contributed by atoms with E-state index in [0.717, 1.165) is 35.3 Å². The molecule has 2 aromatic carbocycles. The number of halogens is 3. The molecule has 9 nitrogen and oxygen atoms in total. The SMILES string of the molecule is Cc1ccc(C(=O)Nc2cc(-n3nccn3)cc(C(F)(F)F)c2)cc1C#Cc1cnc(NC(=O)C2CC2)nc1. The highest BCUT2D eigenvalue weighted by atomic mass is 19.4. The maximum absolute atomic E-state index is 13.5. The highest BCUT2D eigenvalue weighted by Gasteiger charge is 2.32. The lowest BCUT2D eigenvalue weighted by Gasteiger charge is -2.13. The number of nitrogens with zero attached hydrogens (tertiary/aromatic N) is 5. The van der Waals surface area contributed by atoms with E-state index in [1.165, 1.54) is 30.9 Å². The third-order valence-electron chi connectivity index (χ3n) is 5.83. The van der Waals surface area contributed by atoms with Gasteiger partial charge in [-0.05, 0) is 55.7 Å². The Morgan fingerprint density at radius 2 is 1.69 bits per heavy atom. The minimum atomic E-state index is -4.64. The third kappa shape index (κ3) is 6.27. The number of hydrogen-bond acceptors (Lipinski definition) is 6. The second-order valence-corrected chi connectivity index (χ2v) is 8.88. The summed E-state index contributed by atoms with van der Waals surface area (Å²) in [5, 5.41) is 12.9. The monoisotopic (exact) mass is 531 g/mol. The number of amides is 2. The van der Waals surface area contributed by atoms with Crippen molar-refractivity contribution in [2.45, 2.75) is 25.9 Å². The van der Waals surface area contributed by atoms with Gasteiger partial charge >= 0.3 is 6.18 Å². The van der Waals surface area contributed by atoms with E-state index in [-0.39, 0.29) is 34.7 Å². The molecule has 0 atom stereocenters. The van der Waals surface area contributed by atoms with E-state index < -0.39 is 17.6 Å². The van der Waals surface area contributed by atoms with Crippen LogP contribution in [0.3, 0.4) is 0 Å². The van der Waals surface area contributed by atoms with Gasteiger partial charge in [-0.1, -0.05) is 17.9 Å². The van der Waals surface area contributed by atoms with Gasteiger partial charge in [-0.25, -0.2) is 9.97 Å². The number of anilines is 2. The minimum Gasteiger partial charge on any atom is -0.322 e. The fraction of sp³-hybridized carbons (Fsp3) is 0.185. The predicted octanol–water partition coefficient (Wildman–Crippen LogP) is 4.39. The molecule has 2 heterocycles. The molecule has 4 aromatic rings. The van der Waals surface area contributed by atoms with Gasteiger partial charge in [0.1, 0.15) is 0 Å². The Kier molecular flexibility index (Phi) is 6.81. The zero-order chi connectivity index (χ0) is 27.6. The fourth-order valence-electron chi connectivity index (χ4n) is 3.57. The number of aromatic nitrogens is 5. The topological polar surface area (TPSA) is 115 Å². The van der Waals surface area contributed by atoms with Crippen LogP contribution in [0.25, 0.3) is 5.69 Å². The van der Waals surface area contributed by atoms with Crippen molar-refractivity contribution in [3.63, 3.8) is 0 Å². The van der Waals surface area contributed by atoms with Crippen LogP contribution in [0.4, 0.5) is 24.8 Å². The zero-order valence-electron chi connectivity index (χ0n) is 20.5. The molecule has 1 aliphatic rings. The lowest BCUT2D eigenvalue weighted by Crippen LogP contribution is -2.15. The maximum Gasteiger partial charge on any atom is 0.416 e. The molecular weight excluding hydrogens is 511 g/mol. The number of carbonyl (C=O) groups excluding carboxylic acids is 2. The summed E-state index contributed by atoms with van der Waals surface area (Å²) >= 11 is 0. The summed E-state index contributed by atoms with van der Waals surface area (Å²) in [6, 6.07) is 7.88. The second-order valence-electron chi connectivity index (χ2n) is 8.88. The smallest absolute Gasteiger partial charge is 0.322 e. The van der Waals surface area contributed by atoms with Crippen LogP contribution in [0.2, 0.25) is 0 Å². The van der Waals surface area contributed by atoms with E-state index in [2.05, 4.69) is 42.6 Å². The van der Waals surface area contributed by atoms with Crippen LogP contribution < -0.4 is 10.6 Å². The Bertz CT molecular complexity index is 1600. The average molecular weight is 531 g/mol. The van der Waals surface area contributed by atoms with Gasteiger partial charge in [-0.3, -0.25) is 14.9 Å². The molecule has 0 saturated heterocycles. The second kappa shape index (κ2) is 10.4. The molecule has 0 bridgehead atoms. The van der Waals surface area contributed by atoms with Crippen molar-refractivity contribution >= 4 is 23.5 Å². The van der Waals surface area contributed by atoms with Crippen molar-refractivity contribution in [1.29, 1.82) is 0 Å². The van der Waals surface area contributed by atoms with Gasteiger partial charge in [0.2, 0.25) is 11.9 Å². The van der Waals surface area contributed by atoms with Crippen LogP contribution in [0, 0.1) is 24.7 Å². The molecule has 0 aliphatic heterocycles. The number of hydrogen-bond donors (Lipinski definition) is 2. The molecule has 12 heteroatoms. The molecule has 2 aromatic heterocycles. The van der Waals surface area contributed by atoms with E-state index in [1.807, 2.05) is 6.92 Å². The van der Waals surface area contributed by atoms with Crippen LogP contribution in [-0.2, 0) is 11.0 Å². The van der Waals surface area contributed by atoms with Crippen molar-refractivity contribution < 1.29 is 22.8 Å². The molecule has 0 spiro atoms. The molecule has 1 saturated carbocycles. The van der Waals surface area contributed by atoms with Crippen molar-refractivity contribution in [3.8, 4) is 17.5 Å². The first-order valence-corrected chi connectivity index (χ1v) is 11.8. The summed E-state index contributed by atoms with van der Waals surface area (Å²) in [6.45, 7) is 1.81. The highest BCUT2D eigenvalue weighted by Crippen LogP contribution is 2.33. The number of benzene rings is 2. The van der Waals surface area contributed by atoms with Crippen molar-refractivity contribution in [1.82, 2.24) is 25.0 Å². The number of carbonyl (C=O) groups is 2. The standard InChI is InChI=1S/C27H20F3N7O2/c1-16-2-4-20(10-19(16)5-3-17-14-31-26(32-15-17)36-24(38)18-6-7-18)25(39)35-22-11-21(27(28,29)30)12-23(13-22)37-33-8-9-34-37/h2,4,8-15,18H,6-7H2,1H3,(H,35,39)(H,31,32,36,38). The predicted molar refractivity (Wildman–Crippen MR) is 135 cm³/mol. The summed E-state index contributed by atoms with van der Waals surface area (Å²) < 4.78 is 40.4. The first-order chi connectivity index (χ1) is 18.7. The van der Waals surface area contributed by atoms with Gasteiger partial charge in [0.05, 0.1) is 29.2 Å². The van der Waals surface area contributed by atoms with Crippen LogP contribution in [0.15, 0.2) is 61.2 Å². The van der Waals surface area contributed by atoms with E-state index in [4.69, 9.17) is 0 Å². The number of alkyl halides is 3. The van der Waals surface area contributed by atoms with Crippen molar-refractivity contribution in [2.24, 2.45) is 5.92 Å². The van der Waals surface area contributed by atoms with Gasteiger partial charge in [0, 0.05) is 35.1 Å². The van der Waals surface area contributed by atoms with Crippen LogP contribution in [-0.4, -0.2) is 36.8 Å². The molecule has 0 unspecified atom stereocenters. The Balaban J connectivity index is 1.34. The largest absolute Gasteiger partial charge is 0.416 e. The molecule has 2 amide bonds. The third-order valence-corrected chi connectivity index (χ3v) is 5.83. The van der Waals surface area contributed by atoms with E-state index in [0.29, 0.717) is 11.1 Å². The highest BCUT2D eigenvalue weighted by molar-refractivity contribution is 6.04. The summed E-state index contributed by atoms with van der Waals surface area (Å²) in [4.78, 5) is 34.0. The molecule has 5 rings (SSSR count). The van der Waals surface area contributed by atoms with Gasteiger partial charge in [-0.2, -0.15) is 28.2 Å². The number of aryl methyl sites for hydroxylation is 1. The first-order valence-electron chi connectivity index (χ1n) is 11.8. The zero-order valence-corrected chi connectivity index (χ0v) is 20.5. The van der Waals surface area contributed by atoms with Gasteiger partial charge in [0.15, 0.2) is 0 Å². The number of rotatable bonds is 5. The van der Waals surface area contributed by atoms with E-state index in [9.17, 15) is 22.8 Å². The summed E-state index contributed by atoms with van der Waals surface area (Å²) in [7, 11) is 0. The summed E-state index contributed by atoms with van der Waals surface area (Å²) in [5.41, 5.74) is 1.05. The van der Waals surface area contributed by atoms with Crippen LogP contribution in [0.1, 0.15) is 45.5 Å². The maximum atomic E-state index is 13.5. The lowest BCUT2D eigenvalue weighted by molar-refractivity contribution is -0.137. The van der Waals surface area contributed by atoms with Gasteiger partial charge in [0.25, 0.3) is 5.91 Å². The van der Waals surface area contributed by atoms with Crippen LogP contribution in [0.5, 0.6) is 0 Å². The van der Waals surface area contributed by atoms with E-state index >= 15 is 0 Å². The van der Waals surface area contributed by atoms with Gasteiger partial charge in [-0.15, -0.1) is 0 Å². The Morgan fingerprint density at radius 3 is 2.36 bits per heavy atom. The van der Waals surface area contributed by atoms with Crippen molar-refractivity contribution in [2.75, 3.05) is 10.6 Å². The molecule has 2 N–H and O–H groups in total. The molecule has 0 radical (unpaired) electrons. The molecule has 196 valence electrons. The Hall–Kier alpha value is -5.05. The quantitative estimate of drug-likeness (QED) is 0.370. The average Bonchev–Trinajstić information content (AvgIpc) is 3.62.